The fraction of sp³-hybridized carbons (Fsp3) is 0.571. The first-order valence-electron chi connectivity index (χ1n) is 3.69. The minimum Gasteiger partial charge on any atom is -0.329 e. The molecule has 1 aromatic heterocycles. The number of aromatic amines is 1. The average Bonchev–Trinajstić information content (AvgIpc) is 2.40. The summed E-state index contributed by atoms with van der Waals surface area (Å²) in [6.45, 7) is 2.53. The average molecular weight is 154 g/mol. The maximum absolute atomic E-state index is 5.39. The highest BCUT2D eigenvalue weighted by molar-refractivity contribution is 5.01. The first-order valence-corrected chi connectivity index (χ1v) is 3.69. The van der Waals surface area contributed by atoms with E-state index in [1.807, 2.05) is 19.4 Å². The van der Waals surface area contributed by atoms with E-state index in [9.17, 15) is 0 Å². The minimum atomic E-state index is 0.703. The van der Waals surface area contributed by atoms with E-state index in [0.717, 1.165) is 13.1 Å². The number of H-pyrrole nitrogens is 1. The summed E-state index contributed by atoms with van der Waals surface area (Å²) in [5.41, 5.74) is 6.59. The van der Waals surface area contributed by atoms with Crippen LogP contribution in [-0.2, 0) is 6.54 Å². The van der Waals surface area contributed by atoms with Gasteiger partial charge in [-0.25, -0.2) is 0 Å². The van der Waals surface area contributed by atoms with Crippen LogP contribution in [0, 0.1) is 0 Å². The van der Waals surface area contributed by atoms with Crippen molar-refractivity contribution in [3.63, 3.8) is 0 Å². The van der Waals surface area contributed by atoms with Gasteiger partial charge in [0.1, 0.15) is 0 Å². The largest absolute Gasteiger partial charge is 0.329 e. The van der Waals surface area contributed by atoms with E-state index < -0.39 is 0 Å². The van der Waals surface area contributed by atoms with Crippen molar-refractivity contribution < 1.29 is 0 Å². The normalized spacial score (nSPS) is 10.8. The molecule has 0 amide bonds. The molecular formula is C7H14N4. The number of likely N-dealkylation sites (N-methyl/N-ethyl adjacent to an activating group) is 1. The molecule has 1 rings (SSSR count). The van der Waals surface area contributed by atoms with Crippen LogP contribution in [0.15, 0.2) is 12.4 Å². The Hall–Kier alpha value is -0.870. The molecular weight excluding hydrogens is 140 g/mol. The van der Waals surface area contributed by atoms with Gasteiger partial charge in [0.2, 0.25) is 0 Å². The maximum Gasteiger partial charge on any atom is 0.0532 e. The Labute approximate surface area is 66.4 Å². The quantitative estimate of drug-likeness (QED) is 0.631. The molecule has 1 heterocycles. The molecule has 0 aliphatic carbocycles. The van der Waals surface area contributed by atoms with Crippen LogP contribution < -0.4 is 5.73 Å². The minimum absolute atomic E-state index is 0.703. The zero-order valence-corrected chi connectivity index (χ0v) is 6.75. The summed E-state index contributed by atoms with van der Waals surface area (Å²) in [6.07, 6.45) is 3.72. The lowest BCUT2D eigenvalue weighted by Gasteiger charge is -2.13. The van der Waals surface area contributed by atoms with E-state index in [0.29, 0.717) is 6.54 Å². The molecule has 0 atom stereocenters. The second kappa shape index (κ2) is 4.10. The van der Waals surface area contributed by atoms with Crippen LogP contribution in [0.4, 0.5) is 0 Å². The van der Waals surface area contributed by atoms with Crippen LogP contribution in [0.2, 0.25) is 0 Å². The number of nitrogens with zero attached hydrogens (tertiary/aromatic N) is 2. The van der Waals surface area contributed by atoms with Gasteiger partial charge in [0, 0.05) is 31.4 Å². The van der Waals surface area contributed by atoms with Crippen molar-refractivity contribution in [1.82, 2.24) is 15.1 Å². The van der Waals surface area contributed by atoms with Crippen molar-refractivity contribution in [2.75, 3.05) is 20.1 Å². The molecule has 0 saturated heterocycles. The summed E-state index contributed by atoms with van der Waals surface area (Å²) >= 11 is 0. The van der Waals surface area contributed by atoms with Crippen molar-refractivity contribution >= 4 is 0 Å². The van der Waals surface area contributed by atoms with E-state index in [1.54, 1.807) is 0 Å². The van der Waals surface area contributed by atoms with Gasteiger partial charge in [0.05, 0.1) is 6.20 Å². The third-order valence-corrected chi connectivity index (χ3v) is 1.52. The van der Waals surface area contributed by atoms with Gasteiger partial charge in [-0.3, -0.25) is 5.10 Å². The summed E-state index contributed by atoms with van der Waals surface area (Å²) in [5, 5.41) is 6.62. The monoisotopic (exact) mass is 154 g/mol. The summed E-state index contributed by atoms with van der Waals surface area (Å²) in [4.78, 5) is 2.16. The van der Waals surface area contributed by atoms with E-state index >= 15 is 0 Å². The summed E-state index contributed by atoms with van der Waals surface area (Å²) in [6, 6.07) is 0. The number of nitrogens with two attached hydrogens (primary N) is 1. The van der Waals surface area contributed by atoms with Crippen LogP contribution in [-0.4, -0.2) is 35.2 Å². The van der Waals surface area contributed by atoms with Crippen molar-refractivity contribution in [3.05, 3.63) is 18.0 Å². The highest BCUT2D eigenvalue weighted by Gasteiger charge is 1.98. The Morgan fingerprint density at radius 3 is 3.09 bits per heavy atom. The fourth-order valence-electron chi connectivity index (χ4n) is 0.975. The van der Waals surface area contributed by atoms with Crippen molar-refractivity contribution in [2.45, 2.75) is 6.54 Å². The summed E-state index contributed by atoms with van der Waals surface area (Å²) in [7, 11) is 2.04. The maximum atomic E-state index is 5.39. The number of hydrogen-bond acceptors (Lipinski definition) is 3. The highest BCUT2D eigenvalue weighted by Crippen LogP contribution is 1.97. The predicted octanol–water partition coefficient (Wildman–Crippen LogP) is -0.200. The van der Waals surface area contributed by atoms with Gasteiger partial charge in [-0.1, -0.05) is 0 Å². The molecule has 0 aliphatic rings. The predicted molar refractivity (Wildman–Crippen MR) is 44.0 cm³/mol. The zero-order valence-electron chi connectivity index (χ0n) is 6.75. The van der Waals surface area contributed by atoms with Gasteiger partial charge in [-0.2, -0.15) is 5.10 Å². The Morgan fingerprint density at radius 2 is 2.55 bits per heavy atom. The first-order chi connectivity index (χ1) is 5.33. The molecule has 0 radical (unpaired) electrons. The van der Waals surface area contributed by atoms with E-state index in [4.69, 9.17) is 5.73 Å². The van der Waals surface area contributed by atoms with E-state index in [-0.39, 0.29) is 0 Å². The van der Waals surface area contributed by atoms with Crippen LogP contribution >= 0.6 is 0 Å². The zero-order chi connectivity index (χ0) is 8.10. The Morgan fingerprint density at radius 1 is 1.73 bits per heavy atom. The molecule has 1 aromatic rings. The Balaban J connectivity index is 2.31. The first kappa shape index (κ1) is 8.23. The lowest BCUT2D eigenvalue weighted by molar-refractivity contribution is 0.336. The summed E-state index contributed by atoms with van der Waals surface area (Å²) < 4.78 is 0. The molecule has 3 N–H and O–H groups in total. The van der Waals surface area contributed by atoms with Crippen LogP contribution in [0.5, 0.6) is 0 Å². The van der Waals surface area contributed by atoms with Gasteiger partial charge in [-0.15, -0.1) is 0 Å². The van der Waals surface area contributed by atoms with Gasteiger partial charge < -0.3 is 10.6 Å². The number of rotatable bonds is 4. The third-order valence-electron chi connectivity index (χ3n) is 1.52. The van der Waals surface area contributed by atoms with Gasteiger partial charge >= 0.3 is 0 Å². The summed E-state index contributed by atoms with van der Waals surface area (Å²) in [5.74, 6) is 0. The van der Waals surface area contributed by atoms with Crippen molar-refractivity contribution in [2.24, 2.45) is 5.73 Å². The van der Waals surface area contributed by atoms with Gasteiger partial charge in [-0.05, 0) is 7.05 Å². The van der Waals surface area contributed by atoms with Crippen LogP contribution in [0.25, 0.3) is 0 Å². The van der Waals surface area contributed by atoms with Gasteiger partial charge in [0.15, 0.2) is 0 Å². The third kappa shape index (κ3) is 2.69. The van der Waals surface area contributed by atoms with Crippen LogP contribution in [0.1, 0.15) is 5.56 Å². The molecule has 62 valence electrons. The standard InChI is InChI=1S/C7H14N4/c1-11(3-2-8)6-7-4-9-10-5-7/h4-5H,2-3,6,8H2,1H3,(H,9,10). The molecule has 0 aromatic carbocycles. The topological polar surface area (TPSA) is 57.9 Å². The molecule has 0 fully saturated rings. The molecule has 0 unspecified atom stereocenters. The Bertz CT molecular complexity index is 182. The smallest absolute Gasteiger partial charge is 0.0532 e. The Kier molecular flexibility index (Phi) is 3.07. The highest BCUT2D eigenvalue weighted by atomic mass is 15.1. The van der Waals surface area contributed by atoms with Crippen molar-refractivity contribution in [3.8, 4) is 0 Å². The molecule has 0 bridgehead atoms. The molecule has 0 spiro atoms. The molecule has 0 aliphatic heterocycles. The number of nitrogens with one attached hydrogen (secondary N) is 1. The number of aromatic nitrogens is 2. The fourth-order valence-corrected chi connectivity index (χ4v) is 0.975. The number of hydrogen-bond donors (Lipinski definition) is 2. The van der Waals surface area contributed by atoms with Gasteiger partial charge in [0.25, 0.3) is 0 Å². The second-order valence-corrected chi connectivity index (χ2v) is 2.63. The lowest BCUT2D eigenvalue weighted by Crippen LogP contribution is -2.24. The lowest BCUT2D eigenvalue weighted by atomic mass is 10.3. The van der Waals surface area contributed by atoms with Crippen molar-refractivity contribution in [1.29, 1.82) is 0 Å². The van der Waals surface area contributed by atoms with E-state index in [1.165, 1.54) is 5.56 Å². The molecule has 4 nitrogen and oxygen atoms in total. The molecule has 4 heteroatoms. The molecule has 11 heavy (non-hydrogen) atoms. The van der Waals surface area contributed by atoms with E-state index in [2.05, 4.69) is 15.1 Å². The van der Waals surface area contributed by atoms with Crippen LogP contribution in [0.3, 0.4) is 0 Å². The SMILES string of the molecule is CN(CCN)Cc1cn[nH]c1. The second-order valence-electron chi connectivity index (χ2n) is 2.63. The molecule has 0 saturated carbocycles.